The molecule has 9 heteroatoms. The van der Waals surface area contributed by atoms with E-state index in [1.807, 2.05) is 11.8 Å². The molecule has 1 aromatic heterocycles. The van der Waals surface area contributed by atoms with Crippen LogP contribution in [0.15, 0.2) is 18.3 Å². The highest BCUT2D eigenvalue weighted by Gasteiger charge is 2.35. The number of nitrogens with two attached hydrogens (primary N) is 1. The summed E-state index contributed by atoms with van der Waals surface area (Å²) in [6, 6.07) is 3.31. The highest BCUT2D eigenvalue weighted by Crippen LogP contribution is 2.31. The third kappa shape index (κ3) is 3.94. The maximum absolute atomic E-state index is 12.8. The summed E-state index contributed by atoms with van der Waals surface area (Å²) >= 11 is 0. The molecule has 0 spiro atoms. The highest BCUT2D eigenvalue weighted by atomic mass is 32.2. The van der Waals surface area contributed by atoms with Crippen LogP contribution in [-0.4, -0.2) is 67.2 Å². The van der Waals surface area contributed by atoms with Gasteiger partial charge in [-0.3, -0.25) is 4.79 Å². The van der Waals surface area contributed by atoms with Crippen LogP contribution in [0.2, 0.25) is 0 Å². The maximum Gasteiger partial charge on any atom is 0.282 e. The number of pyridine rings is 1. The minimum absolute atomic E-state index is 0.364. The molecule has 1 aliphatic heterocycles. The number of hydrogen-bond donors (Lipinski definition) is 1. The van der Waals surface area contributed by atoms with E-state index >= 15 is 0 Å². The molecule has 0 aromatic carbocycles. The van der Waals surface area contributed by atoms with Gasteiger partial charge in [0.2, 0.25) is 0 Å². The van der Waals surface area contributed by atoms with Gasteiger partial charge in [-0.1, -0.05) is 6.92 Å². The largest absolute Gasteiger partial charge is 0.365 e. The second-order valence-electron chi connectivity index (χ2n) is 6.53. The molecule has 1 saturated heterocycles. The van der Waals surface area contributed by atoms with Gasteiger partial charge in [-0.05, 0) is 30.9 Å². The first-order chi connectivity index (χ1) is 11.9. The van der Waals surface area contributed by atoms with Crippen LogP contribution in [-0.2, 0) is 10.2 Å². The highest BCUT2D eigenvalue weighted by molar-refractivity contribution is 7.86. The quantitative estimate of drug-likeness (QED) is 0.746. The number of anilines is 1. The Labute approximate surface area is 148 Å². The Balaban J connectivity index is 1.68. The zero-order valence-electron chi connectivity index (χ0n) is 14.5. The maximum atomic E-state index is 12.8. The Hall–Kier alpha value is -1.71. The van der Waals surface area contributed by atoms with Crippen molar-refractivity contribution in [3.05, 3.63) is 23.9 Å². The summed E-state index contributed by atoms with van der Waals surface area (Å²) in [4.78, 5) is 17.7. The fraction of sp³-hybridized carbons (Fsp3) is 0.625. The molecule has 0 atom stereocenters. The van der Waals surface area contributed by atoms with Gasteiger partial charge in [0, 0.05) is 45.5 Å². The van der Waals surface area contributed by atoms with Crippen LogP contribution in [0.25, 0.3) is 0 Å². The molecule has 8 nitrogen and oxygen atoms in total. The molecule has 0 unspecified atom stereocenters. The number of nitrogens with zero attached hydrogens (tertiary/aromatic N) is 4. The predicted molar refractivity (Wildman–Crippen MR) is 95.4 cm³/mol. The first-order valence-corrected chi connectivity index (χ1v) is 10.1. The number of rotatable bonds is 7. The van der Waals surface area contributed by atoms with Gasteiger partial charge in [-0.25, -0.2) is 4.98 Å². The van der Waals surface area contributed by atoms with Crippen LogP contribution in [0.1, 0.15) is 30.1 Å². The van der Waals surface area contributed by atoms with E-state index < -0.39 is 16.1 Å². The molecule has 1 aliphatic carbocycles. The number of carbonyl (C=O) groups excluding carboxylic acids is 1. The minimum Gasteiger partial charge on any atom is -0.365 e. The van der Waals surface area contributed by atoms with E-state index in [9.17, 15) is 13.2 Å². The number of piperazine rings is 1. The number of aromatic nitrogens is 1. The van der Waals surface area contributed by atoms with Gasteiger partial charge < -0.3 is 10.6 Å². The number of carbonyl (C=O) groups is 1. The second kappa shape index (κ2) is 7.27. The smallest absolute Gasteiger partial charge is 0.282 e. The summed E-state index contributed by atoms with van der Waals surface area (Å²) in [7, 11) is -3.43. The van der Waals surface area contributed by atoms with Crippen molar-refractivity contribution in [2.24, 2.45) is 11.7 Å². The summed E-state index contributed by atoms with van der Waals surface area (Å²) in [5.74, 6) is 0.514. The van der Waals surface area contributed by atoms with E-state index in [4.69, 9.17) is 5.73 Å². The SMILES string of the molecule is CCN(CC1CC1)S(=O)(=O)N1CCN(c2ncccc2C(N)=O)CC1. The first-order valence-electron chi connectivity index (χ1n) is 8.68. The summed E-state index contributed by atoms with van der Waals surface area (Å²) in [5.41, 5.74) is 5.77. The lowest BCUT2D eigenvalue weighted by atomic mass is 10.2. The third-order valence-electron chi connectivity index (χ3n) is 4.75. The van der Waals surface area contributed by atoms with Gasteiger partial charge in [0.25, 0.3) is 16.1 Å². The van der Waals surface area contributed by atoms with Crippen LogP contribution in [0.3, 0.4) is 0 Å². The molecule has 3 rings (SSSR count). The van der Waals surface area contributed by atoms with Gasteiger partial charge in [0.1, 0.15) is 5.82 Å². The standard InChI is InChI=1S/C16H25N5O3S/c1-2-20(12-13-5-6-13)25(23,24)21-10-8-19(9-11-21)16-14(15(17)22)4-3-7-18-16/h3-4,7,13H,2,5-6,8-12H2,1H3,(H2,17,22). The monoisotopic (exact) mass is 367 g/mol. The van der Waals surface area contributed by atoms with Crippen LogP contribution >= 0.6 is 0 Å². The van der Waals surface area contributed by atoms with Gasteiger partial charge in [0.15, 0.2) is 0 Å². The van der Waals surface area contributed by atoms with Gasteiger partial charge in [-0.15, -0.1) is 0 Å². The second-order valence-corrected chi connectivity index (χ2v) is 8.46. The molecular formula is C16H25N5O3S. The Morgan fingerprint density at radius 1 is 1.32 bits per heavy atom. The molecule has 1 amide bonds. The molecule has 2 heterocycles. The zero-order chi connectivity index (χ0) is 18.0. The molecule has 138 valence electrons. The average Bonchev–Trinajstić information content (AvgIpc) is 3.43. The Morgan fingerprint density at radius 2 is 2.00 bits per heavy atom. The number of primary amides is 1. The fourth-order valence-corrected chi connectivity index (χ4v) is 4.79. The van der Waals surface area contributed by atoms with E-state index in [0.717, 1.165) is 12.8 Å². The molecule has 2 fully saturated rings. The van der Waals surface area contributed by atoms with Gasteiger partial charge in [0.05, 0.1) is 5.56 Å². The third-order valence-corrected chi connectivity index (χ3v) is 6.83. The lowest BCUT2D eigenvalue weighted by Gasteiger charge is -2.37. The van der Waals surface area contributed by atoms with Crippen molar-refractivity contribution in [3.63, 3.8) is 0 Å². The number of hydrogen-bond acceptors (Lipinski definition) is 5. The molecular weight excluding hydrogens is 342 g/mol. The summed E-state index contributed by atoms with van der Waals surface area (Å²) in [6.07, 6.45) is 3.85. The summed E-state index contributed by atoms with van der Waals surface area (Å²) < 4.78 is 28.8. The van der Waals surface area contributed by atoms with E-state index in [2.05, 4.69) is 4.98 Å². The molecule has 1 aromatic rings. The first kappa shape index (κ1) is 18.1. The molecule has 2 aliphatic rings. The lowest BCUT2D eigenvalue weighted by molar-refractivity contribution is 0.1000. The topological polar surface area (TPSA) is 99.8 Å². The average molecular weight is 367 g/mol. The van der Waals surface area contributed by atoms with Crippen LogP contribution < -0.4 is 10.6 Å². The normalized spacial score (nSPS) is 19.4. The van der Waals surface area contributed by atoms with Crippen molar-refractivity contribution in [1.29, 1.82) is 0 Å². The van der Waals surface area contributed by atoms with Crippen LogP contribution in [0, 0.1) is 5.92 Å². The van der Waals surface area contributed by atoms with Crippen LogP contribution in [0.4, 0.5) is 5.82 Å². The molecule has 0 radical (unpaired) electrons. The van der Waals surface area contributed by atoms with E-state index in [1.54, 1.807) is 22.6 Å². The minimum atomic E-state index is -3.43. The Kier molecular flexibility index (Phi) is 5.26. The van der Waals surface area contributed by atoms with Gasteiger partial charge >= 0.3 is 0 Å². The van der Waals surface area contributed by atoms with Crippen molar-refractivity contribution in [3.8, 4) is 0 Å². The van der Waals surface area contributed by atoms with E-state index in [0.29, 0.717) is 56.6 Å². The van der Waals surface area contributed by atoms with Crippen molar-refractivity contribution in [2.45, 2.75) is 19.8 Å². The lowest BCUT2D eigenvalue weighted by Crippen LogP contribution is -2.53. The molecule has 25 heavy (non-hydrogen) atoms. The Morgan fingerprint density at radius 3 is 2.56 bits per heavy atom. The fourth-order valence-electron chi connectivity index (χ4n) is 3.11. The van der Waals surface area contributed by atoms with E-state index in [-0.39, 0.29) is 0 Å². The van der Waals surface area contributed by atoms with Crippen molar-refractivity contribution >= 4 is 21.9 Å². The summed E-state index contributed by atoms with van der Waals surface area (Å²) in [6.45, 7) is 4.70. The predicted octanol–water partition coefficient (Wildman–Crippen LogP) is 0.279. The molecule has 2 N–H and O–H groups in total. The van der Waals surface area contributed by atoms with Crippen LogP contribution in [0.5, 0.6) is 0 Å². The van der Waals surface area contributed by atoms with Gasteiger partial charge in [-0.2, -0.15) is 17.0 Å². The van der Waals surface area contributed by atoms with Crippen molar-refractivity contribution in [1.82, 2.24) is 13.6 Å². The van der Waals surface area contributed by atoms with Crippen molar-refractivity contribution in [2.75, 3.05) is 44.2 Å². The van der Waals surface area contributed by atoms with Crippen molar-refractivity contribution < 1.29 is 13.2 Å². The molecule has 0 bridgehead atoms. The zero-order valence-corrected chi connectivity index (χ0v) is 15.3. The number of amides is 1. The molecule has 1 saturated carbocycles. The summed E-state index contributed by atoms with van der Waals surface area (Å²) in [5, 5.41) is 0. The van der Waals surface area contributed by atoms with E-state index in [1.165, 1.54) is 4.31 Å². The Bertz CT molecular complexity index is 727.